The largest absolute Gasteiger partial charge is 0.445 e. The molecule has 1 fully saturated rings. The number of halogens is 3. The van der Waals surface area contributed by atoms with Crippen molar-refractivity contribution in [2.75, 3.05) is 32.7 Å². The first kappa shape index (κ1) is 17.6. The van der Waals surface area contributed by atoms with Gasteiger partial charge in [-0.15, -0.1) is 0 Å². The van der Waals surface area contributed by atoms with Gasteiger partial charge in [0.05, 0.1) is 5.56 Å². The molecule has 0 radical (unpaired) electrons. The van der Waals surface area contributed by atoms with Crippen LogP contribution in [0.2, 0.25) is 0 Å². The molecule has 128 valence electrons. The average molecular weight is 330 g/mol. The Morgan fingerprint density at radius 1 is 1.13 bits per heavy atom. The Bertz CT molecular complexity index is 509. The maximum Gasteiger partial charge on any atom is 0.416 e. The summed E-state index contributed by atoms with van der Waals surface area (Å²) < 4.78 is 42.6. The molecule has 1 saturated heterocycles. The van der Waals surface area contributed by atoms with E-state index < -0.39 is 17.8 Å². The van der Waals surface area contributed by atoms with Crippen LogP contribution >= 0.6 is 0 Å². The molecule has 0 spiro atoms. The molecule has 2 rings (SSSR count). The molecule has 1 amide bonds. The maximum atomic E-state index is 12.5. The molecular formula is C16H21F3N2O2. The molecule has 0 saturated carbocycles. The Balaban J connectivity index is 1.78. The Morgan fingerprint density at radius 2 is 1.74 bits per heavy atom. The molecule has 7 heteroatoms. The number of carbonyl (C=O) groups is 1. The van der Waals surface area contributed by atoms with Crippen LogP contribution in [0.15, 0.2) is 24.3 Å². The monoisotopic (exact) mass is 330 g/mol. The standard InChI is InChI=1S/C16H21F3N2O2/c1-2-7-20-8-10-21(11-9-20)15(22)23-12-13-3-5-14(6-4-13)16(17,18)19/h3-6H,2,7-12H2,1H3. The Labute approximate surface area is 133 Å². The smallest absolute Gasteiger partial charge is 0.416 e. The minimum absolute atomic E-state index is 0.0217. The first-order chi connectivity index (χ1) is 10.9. The van der Waals surface area contributed by atoms with E-state index in [1.54, 1.807) is 4.90 Å². The SMILES string of the molecule is CCCN1CCN(C(=O)OCc2ccc(C(F)(F)F)cc2)CC1. The van der Waals surface area contributed by atoms with E-state index in [0.717, 1.165) is 38.2 Å². The van der Waals surface area contributed by atoms with Crippen LogP contribution in [0.25, 0.3) is 0 Å². The summed E-state index contributed by atoms with van der Waals surface area (Å²) in [6.45, 7) is 6.00. The topological polar surface area (TPSA) is 32.8 Å². The summed E-state index contributed by atoms with van der Waals surface area (Å²) in [6, 6.07) is 4.64. The zero-order chi connectivity index (χ0) is 16.9. The first-order valence-electron chi connectivity index (χ1n) is 7.70. The van der Waals surface area contributed by atoms with Gasteiger partial charge >= 0.3 is 12.3 Å². The number of rotatable bonds is 4. The highest BCUT2D eigenvalue weighted by molar-refractivity contribution is 5.67. The third-order valence-corrected chi connectivity index (χ3v) is 3.81. The van der Waals surface area contributed by atoms with Crippen molar-refractivity contribution in [2.24, 2.45) is 0 Å². The lowest BCUT2D eigenvalue weighted by atomic mass is 10.1. The highest BCUT2D eigenvalue weighted by Crippen LogP contribution is 2.29. The van der Waals surface area contributed by atoms with Gasteiger partial charge in [-0.3, -0.25) is 4.90 Å². The van der Waals surface area contributed by atoms with Gasteiger partial charge in [-0.2, -0.15) is 13.2 Å². The van der Waals surface area contributed by atoms with E-state index >= 15 is 0 Å². The zero-order valence-corrected chi connectivity index (χ0v) is 13.1. The van der Waals surface area contributed by atoms with Crippen LogP contribution in [0.1, 0.15) is 24.5 Å². The van der Waals surface area contributed by atoms with E-state index in [0.29, 0.717) is 18.7 Å². The van der Waals surface area contributed by atoms with Crippen molar-refractivity contribution in [2.45, 2.75) is 26.1 Å². The van der Waals surface area contributed by atoms with Gasteiger partial charge in [0.1, 0.15) is 6.61 Å². The normalized spacial score (nSPS) is 16.4. The Kier molecular flexibility index (Phi) is 5.87. The lowest BCUT2D eigenvalue weighted by molar-refractivity contribution is -0.137. The summed E-state index contributed by atoms with van der Waals surface area (Å²) >= 11 is 0. The molecule has 23 heavy (non-hydrogen) atoms. The van der Waals surface area contributed by atoms with Crippen LogP contribution in [0.5, 0.6) is 0 Å². The fourth-order valence-corrected chi connectivity index (χ4v) is 2.50. The number of piperazine rings is 1. The molecular weight excluding hydrogens is 309 g/mol. The predicted octanol–water partition coefficient (Wildman–Crippen LogP) is 3.37. The maximum absolute atomic E-state index is 12.5. The lowest BCUT2D eigenvalue weighted by Crippen LogP contribution is -2.48. The van der Waals surface area contributed by atoms with Gasteiger partial charge in [-0.25, -0.2) is 4.79 Å². The third-order valence-electron chi connectivity index (χ3n) is 3.81. The van der Waals surface area contributed by atoms with Gasteiger partial charge in [0.2, 0.25) is 0 Å². The van der Waals surface area contributed by atoms with Crippen molar-refractivity contribution in [3.8, 4) is 0 Å². The molecule has 1 aromatic carbocycles. The molecule has 0 bridgehead atoms. The second-order valence-corrected chi connectivity index (χ2v) is 5.58. The summed E-state index contributed by atoms with van der Waals surface area (Å²) in [7, 11) is 0. The molecule has 1 aliphatic rings. The van der Waals surface area contributed by atoms with Gasteiger partial charge < -0.3 is 9.64 Å². The van der Waals surface area contributed by atoms with Crippen molar-refractivity contribution in [1.29, 1.82) is 0 Å². The molecule has 0 aliphatic carbocycles. The minimum atomic E-state index is -4.35. The summed E-state index contributed by atoms with van der Waals surface area (Å²) in [5, 5.41) is 0. The second-order valence-electron chi connectivity index (χ2n) is 5.58. The summed E-state index contributed by atoms with van der Waals surface area (Å²) in [6.07, 6.45) is -3.69. The number of benzene rings is 1. The number of alkyl halides is 3. The van der Waals surface area contributed by atoms with E-state index in [-0.39, 0.29) is 6.61 Å². The fourth-order valence-electron chi connectivity index (χ4n) is 2.50. The van der Waals surface area contributed by atoms with Crippen molar-refractivity contribution >= 4 is 6.09 Å². The molecule has 4 nitrogen and oxygen atoms in total. The zero-order valence-electron chi connectivity index (χ0n) is 13.1. The van der Waals surface area contributed by atoms with Crippen LogP contribution in [-0.2, 0) is 17.5 Å². The summed E-state index contributed by atoms with van der Waals surface area (Å²) in [5.74, 6) is 0. The van der Waals surface area contributed by atoms with E-state index in [4.69, 9.17) is 4.74 Å². The van der Waals surface area contributed by atoms with Crippen LogP contribution in [0.4, 0.5) is 18.0 Å². The van der Waals surface area contributed by atoms with Crippen molar-refractivity contribution in [3.05, 3.63) is 35.4 Å². The molecule has 1 heterocycles. The van der Waals surface area contributed by atoms with Crippen LogP contribution in [0, 0.1) is 0 Å². The van der Waals surface area contributed by atoms with Crippen LogP contribution in [0.3, 0.4) is 0 Å². The van der Waals surface area contributed by atoms with E-state index in [1.807, 2.05) is 0 Å². The summed E-state index contributed by atoms with van der Waals surface area (Å²) in [5.41, 5.74) is -0.171. The predicted molar refractivity (Wildman–Crippen MR) is 79.9 cm³/mol. The Morgan fingerprint density at radius 3 is 2.26 bits per heavy atom. The highest BCUT2D eigenvalue weighted by atomic mass is 19.4. The second kappa shape index (κ2) is 7.68. The minimum Gasteiger partial charge on any atom is -0.445 e. The fraction of sp³-hybridized carbons (Fsp3) is 0.562. The first-order valence-corrected chi connectivity index (χ1v) is 7.70. The Hall–Kier alpha value is -1.76. The third kappa shape index (κ3) is 5.13. The van der Waals surface area contributed by atoms with Crippen LogP contribution < -0.4 is 0 Å². The van der Waals surface area contributed by atoms with E-state index in [9.17, 15) is 18.0 Å². The van der Waals surface area contributed by atoms with Gasteiger partial charge in [-0.05, 0) is 30.7 Å². The van der Waals surface area contributed by atoms with Crippen molar-refractivity contribution in [1.82, 2.24) is 9.80 Å². The molecule has 1 aliphatic heterocycles. The molecule has 1 aromatic rings. The number of ether oxygens (including phenoxy) is 1. The average Bonchev–Trinajstić information content (AvgIpc) is 2.53. The number of carbonyl (C=O) groups excluding carboxylic acids is 1. The number of hydrogen-bond acceptors (Lipinski definition) is 3. The van der Waals surface area contributed by atoms with Crippen molar-refractivity contribution in [3.63, 3.8) is 0 Å². The van der Waals surface area contributed by atoms with Gasteiger partial charge in [0, 0.05) is 26.2 Å². The molecule has 0 unspecified atom stereocenters. The highest BCUT2D eigenvalue weighted by Gasteiger charge is 2.30. The van der Waals surface area contributed by atoms with Gasteiger partial charge in [-0.1, -0.05) is 19.1 Å². The molecule has 0 N–H and O–H groups in total. The quantitative estimate of drug-likeness (QED) is 0.848. The van der Waals surface area contributed by atoms with Gasteiger partial charge in [0.15, 0.2) is 0 Å². The lowest BCUT2D eigenvalue weighted by Gasteiger charge is -2.33. The molecule has 0 atom stereocenters. The van der Waals surface area contributed by atoms with Crippen molar-refractivity contribution < 1.29 is 22.7 Å². The van der Waals surface area contributed by atoms with Gasteiger partial charge in [0.25, 0.3) is 0 Å². The number of nitrogens with zero attached hydrogens (tertiary/aromatic N) is 2. The molecule has 0 aromatic heterocycles. The number of amides is 1. The van der Waals surface area contributed by atoms with E-state index in [1.165, 1.54) is 12.1 Å². The summed E-state index contributed by atoms with van der Waals surface area (Å²) in [4.78, 5) is 15.9. The van der Waals surface area contributed by atoms with Crippen LogP contribution in [-0.4, -0.2) is 48.6 Å². The van der Waals surface area contributed by atoms with E-state index in [2.05, 4.69) is 11.8 Å². The number of hydrogen-bond donors (Lipinski definition) is 0.